The lowest BCUT2D eigenvalue weighted by Gasteiger charge is -2.32. The third-order valence-electron chi connectivity index (χ3n) is 2.11. The summed E-state index contributed by atoms with van der Waals surface area (Å²) >= 11 is 0. The molecule has 0 bridgehead atoms. The molecule has 0 aliphatic carbocycles. The molecule has 15 heavy (non-hydrogen) atoms. The van der Waals surface area contributed by atoms with E-state index in [0.29, 0.717) is 6.61 Å². The van der Waals surface area contributed by atoms with Crippen LogP contribution in [0.5, 0.6) is 0 Å². The SMILES string of the molecule is CCN[Si](NCC)(OCC)OC(C)CC. The largest absolute Gasteiger partial charge is 0.517 e. The Labute approximate surface area is 95.1 Å². The Morgan fingerprint density at radius 1 is 1.07 bits per heavy atom. The Morgan fingerprint density at radius 3 is 1.93 bits per heavy atom. The average molecular weight is 234 g/mol. The molecule has 5 heteroatoms. The van der Waals surface area contributed by atoms with Gasteiger partial charge in [-0.1, -0.05) is 20.8 Å². The lowest BCUT2D eigenvalue weighted by molar-refractivity contribution is 0.106. The van der Waals surface area contributed by atoms with E-state index in [4.69, 9.17) is 8.85 Å². The Bertz CT molecular complexity index is 141. The smallest absolute Gasteiger partial charge is 0.371 e. The van der Waals surface area contributed by atoms with Gasteiger partial charge < -0.3 is 8.85 Å². The highest BCUT2D eigenvalue weighted by Gasteiger charge is 2.39. The highest BCUT2D eigenvalue weighted by Crippen LogP contribution is 2.06. The molecule has 0 aliphatic rings. The zero-order valence-corrected chi connectivity index (χ0v) is 11.7. The molecule has 2 N–H and O–H groups in total. The predicted molar refractivity (Wildman–Crippen MR) is 65.6 cm³/mol. The molecule has 0 aliphatic heterocycles. The Balaban J connectivity index is 4.44. The van der Waals surface area contributed by atoms with E-state index in [1.54, 1.807) is 0 Å². The normalized spacial score (nSPS) is 14.2. The van der Waals surface area contributed by atoms with Crippen LogP contribution in [0.15, 0.2) is 0 Å². The fourth-order valence-electron chi connectivity index (χ4n) is 1.32. The summed E-state index contributed by atoms with van der Waals surface area (Å²) in [6, 6.07) is 0. The monoisotopic (exact) mass is 234 g/mol. The van der Waals surface area contributed by atoms with Crippen LogP contribution in [-0.2, 0) is 8.85 Å². The maximum absolute atomic E-state index is 6.00. The van der Waals surface area contributed by atoms with E-state index in [-0.39, 0.29) is 6.10 Å². The molecule has 0 radical (unpaired) electrons. The van der Waals surface area contributed by atoms with Gasteiger partial charge in [-0.05, 0) is 33.4 Å². The minimum Gasteiger partial charge on any atom is -0.371 e. The van der Waals surface area contributed by atoms with Gasteiger partial charge in [0.25, 0.3) is 0 Å². The number of nitrogens with one attached hydrogen (secondary N) is 2. The molecule has 0 rings (SSSR count). The number of rotatable bonds is 9. The molecule has 1 atom stereocenters. The summed E-state index contributed by atoms with van der Waals surface area (Å²) in [7, 11) is -2.38. The van der Waals surface area contributed by atoms with Crippen molar-refractivity contribution in [2.24, 2.45) is 0 Å². The topological polar surface area (TPSA) is 42.5 Å². The summed E-state index contributed by atoms with van der Waals surface area (Å²) in [5.74, 6) is 0. The summed E-state index contributed by atoms with van der Waals surface area (Å²) < 4.78 is 11.8. The maximum atomic E-state index is 6.00. The third kappa shape index (κ3) is 5.63. The van der Waals surface area contributed by atoms with Crippen molar-refractivity contribution in [3.8, 4) is 0 Å². The molecule has 92 valence electrons. The van der Waals surface area contributed by atoms with Crippen LogP contribution in [0.2, 0.25) is 0 Å². The van der Waals surface area contributed by atoms with E-state index in [1.165, 1.54) is 0 Å². The van der Waals surface area contributed by atoms with E-state index < -0.39 is 8.88 Å². The first-order valence-electron chi connectivity index (χ1n) is 5.95. The van der Waals surface area contributed by atoms with E-state index in [2.05, 4.69) is 37.7 Å². The molecule has 1 unspecified atom stereocenters. The second kappa shape index (κ2) is 8.24. The summed E-state index contributed by atoms with van der Waals surface area (Å²) in [6.07, 6.45) is 1.22. The highest BCUT2D eigenvalue weighted by atomic mass is 28.4. The fraction of sp³-hybridized carbons (Fsp3) is 1.00. The van der Waals surface area contributed by atoms with Gasteiger partial charge >= 0.3 is 8.88 Å². The number of hydrogen-bond donors (Lipinski definition) is 2. The standard InChI is InChI=1S/C10H26N2O2Si/c1-6-10(5)14-15(11-7-2,12-8-3)13-9-4/h10-12H,6-9H2,1-5H3. The first-order chi connectivity index (χ1) is 7.14. The molecule has 0 aromatic carbocycles. The molecule has 4 nitrogen and oxygen atoms in total. The van der Waals surface area contributed by atoms with Gasteiger partial charge in [-0.25, -0.2) is 0 Å². The summed E-state index contributed by atoms with van der Waals surface area (Å²) in [5.41, 5.74) is 0. The van der Waals surface area contributed by atoms with Crippen LogP contribution in [0.1, 0.15) is 41.0 Å². The van der Waals surface area contributed by atoms with E-state index in [0.717, 1.165) is 19.5 Å². The van der Waals surface area contributed by atoms with Gasteiger partial charge in [0.15, 0.2) is 0 Å². The molecule has 0 aromatic heterocycles. The van der Waals surface area contributed by atoms with Gasteiger partial charge in [-0.15, -0.1) is 0 Å². The molecule has 0 saturated carbocycles. The molecule has 0 heterocycles. The van der Waals surface area contributed by atoms with Crippen molar-refractivity contribution in [2.75, 3.05) is 19.7 Å². The first kappa shape index (κ1) is 15.1. The second-order valence-electron chi connectivity index (χ2n) is 3.45. The lowest BCUT2D eigenvalue weighted by Crippen LogP contribution is -2.68. The maximum Gasteiger partial charge on any atom is 0.517 e. The van der Waals surface area contributed by atoms with E-state index in [9.17, 15) is 0 Å². The summed E-state index contributed by atoms with van der Waals surface area (Å²) in [6.45, 7) is 12.7. The van der Waals surface area contributed by atoms with Crippen molar-refractivity contribution in [2.45, 2.75) is 47.1 Å². The quantitative estimate of drug-likeness (QED) is 0.593. The molecule has 0 amide bonds. The Hall–Kier alpha value is 0.0569. The van der Waals surface area contributed by atoms with Crippen molar-refractivity contribution >= 4 is 8.88 Å². The van der Waals surface area contributed by atoms with Crippen LogP contribution >= 0.6 is 0 Å². The zero-order valence-electron chi connectivity index (χ0n) is 10.7. The van der Waals surface area contributed by atoms with Crippen LogP contribution < -0.4 is 9.96 Å². The van der Waals surface area contributed by atoms with Gasteiger partial charge in [0, 0.05) is 12.7 Å². The van der Waals surface area contributed by atoms with Crippen molar-refractivity contribution in [3.05, 3.63) is 0 Å². The second-order valence-corrected chi connectivity index (χ2v) is 5.91. The molecular weight excluding hydrogens is 208 g/mol. The minimum absolute atomic E-state index is 0.223. The molecule has 0 fully saturated rings. The van der Waals surface area contributed by atoms with Crippen LogP contribution in [0.4, 0.5) is 0 Å². The van der Waals surface area contributed by atoms with Crippen LogP contribution in [0.25, 0.3) is 0 Å². The fourth-order valence-corrected chi connectivity index (χ4v) is 3.95. The Kier molecular flexibility index (Phi) is 8.27. The minimum atomic E-state index is -2.38. The average Bonchev–Trinajstić information content (AvgIpc) is 2.18. The molecule has 0 aromatic rings. The van der Waals surface area contributed by atoms with Crippen molar-refractivity contribution in [1.82, 2.24) is 9.96 Å². The van der Waals surface area contributed by atoms with E-state index >= 15 is 0 Å². The van der Waals surface area contributed by atoms with Crippen molar-refractivity contribution < 1.29 is 8.85 Å². The van der Waals surface area contributed by atoms with Gasteiger partial charge in [-0.2, -0.15) is 0 Å². The summed E-state index contributed by atoms with van der Waals surface area (Å²) in [4.78, 5) is 6.69. The van der Waals surface area contributed by atoms with Gasteiger partial charge in [0.2, 0.25) is 0 Å². The van der Waals surface area contributed by atoms with Gasteiger partial charge in [-0.3, -0.25) is 9.96 Å². The van der Waals surface area contributed by atoms with Crippen LogP contribution in [-0.4, -0.2) is 34.7 Å². The molecule has 0 spiro atoms. The van der Waals surface area contributed by atoms with E-state index in [1.807, 2.05) is 6.92 Å². The third-order valence-corrected chi connectivity index (χ3v) is 5.18. The lowest BCUT2D eigenvalue weighted by atomic mass is 10.3. The molecular formula is C10H26N2O2Si. The predicted octanol–water partition coefficient (Wildman–Crippen LogP) is 1.49. The van der Waals surface area contributed by atoms with Crippen LogP contribution in [0, 0.1) is 0 Å². The van der Waals surface area contributed by atoms with Crippen molar-refractivity contribution in [1.29, 1.82) is 0 Å². The highest BCUT2D eigenvalue weighted by molar-refractivity contribution is 6.62. The van der Waals surface area contributed by atoms with Gasteiger partial charge in [0.05, 0.1) is 0 Å². The van der Waals surface area contributed by atoms with Crippen LogP contribution in [0.3, 0.4) is 0 Å². The number of hydrogen-bond acceptors (Lipinski definition) is 4. The van der Waals surface area contributed by atoms with Crippen molar-refractivity contribution in [3.63, 3.8) is 0 Å². The van der Waals surface area contributed by atoms with Gasteiger partial charge in [0.1, 0.15) is 0 Å². The molecule has 0 saturated heterocycles. The first-order valence-corrected chi connectivity index (χ1v) is 7.77. The Morgan fingerprint density at radius 2 is 1.60 bits per heavy atom. The zero-order chi connectivity index (χ0) is 11.7. The summed E-state index contributed by atoms with van der Waals surface area (Å²) in [5, 5.41) is 0.